The van der Waals surface area contributed by atoms with Crippen molar-refractivity contribution in [3.63, 3.8) is 0 Å². The number of nitrogens with zero attached hydrogens (tertiary/aromatic N) is 4. The number of carbonyl (C=O) groups is 1. The summed E-state index contributed by atoms with van der Waals surface area (Å²) in [4.78, 5) is 23.8. The van der Waals surface area contributed by atoms with Crippen LogP contribution in [-0.4, -0.2) is 32.5 Å². The van der Waals surface area contributed by atoms with Crippen LogP contribution in [0.5, 0.6) is 0 Å². The fourth-order valence-electron chi connectivity index (χ4n) is 3.98. The Hall–Kier alpha value is -1.40. The van der Waals surface area contributed by atoms with Crippen LogP contribution < -0.4 is 5.32 Å². The Bertz CT molecular complexity index is 809. The van der Waals surface area contributed by atoms with E-state index >= 15 is 0 Å². The second-order valence-electron chi connectivity index (χ2n) is 8.29. The molecule has 2 rings (SSSR count). The topological polar surface area (TPSA) is 72.7 Å². The van der Waals surface area contributed by atoms with Gasteiger partial charge in [-0.05, 0) is 31.4 Å². The third-order valence-corrected chi connectivity index (χ3v) is 6.22. The fraction of sp³-hybridized carbons (Fsp3) is 0.739. The molecule has 1 amide bonds. The van der Waals surface area contributed by atoms with E-state index in [0.29, 0.717) is 17.2 Å². The summed E-state index contributed by atoms with van der Waals surface area (Å²) in [5.41, 5.74) is 1.36. The van der Waals surface area contributed by atoms with Gasteiger partial charge in [0, 0.05) is 20.0 Å². The van der Waals surface area contributed by atoms with E-state index in [1.54, 1.807) is 7.05 Å². The first-order valence-corrected chi connectivity index (χ1v) is 12.5. The third kappa shape index (κ3) is 9.32. The van der Waals surface area contributed by atoms with Crippen LogP contribution in [0, 0.1) is 6.92 Å². The van der Waals surface area contributed by atoms with Crippen LogP contribution in [0.15, 0.2) is 0 Å². The van der Waals surface area contributed by atoms with E-state index in [2.05, 4.69) is 24.8 Å². The molecule has 2 aromatic rings. The van der Waals surface area contributed by atoms with Crippen molar-refractivity contribution in [2.45, 2.75) is 103 Å². The molecule has 1 N–H and O–H groups in total. The first kappa shape index (κ1) is 25.9. The molecule has 0 spiro atoms. The second-order valence-corrected chi connectivity index (χ2v) is 8.98. The number of nitrogens with one attached hydrogen (secondary N) is 1. The molecule has 0 aromatic carbocycles. The number of rotatable bonds is 16. The molecule has 0 saturated heterocycles. The smallest absolute Gasteiger partial charge is 0.225 e. The molecule has 174 valence electrons. The SMILES string of the molecule is CNC(=O)CCCCCCCCCCCCCCCn1c(C)nc2nc(Cl)nc(Cl)c21. The maximum atomic E-state index is 11.1. The summed E-state index contributed by atoms with van der Waals surface area (Å²) < 4.78 is 2.10. The zero-order valence-electron chi connectivity index (χ0n) is 19.1. The van der Waals surface area contributed by atoms with Gasteiger partial charge in [0.1, 0.15) is 11.3 Å². The first-order chi connectivity index (χ1) is 15.0. The van der Waals surface area contributed by atoms with Crippen LogP contribution in [0.4, 0.5) is 0 Å². The second kappa shape index (κ2) is 14.6. The number of hydrogen-bond donors (Lipinski definition) is 1. The summed E-state index contributed by atoms with van der Waals surface area (Å²) in [5.74, 6) is 1.06. The van der Waals surface area contributed by atoms with Crippen LogP contribution in [-0.2, 0) is 11.3 Å². The standard InChI is InChI=1S/C23H37Cl2N5O/c1-18-27-22-20(21(24)28-23(25)29-22)30(18)17-15-13-11-9-7-5-3-4-6-8-10-12-14-16-19(31)26-2/h3-17H2,1-2H3,(H,26,31). The van der Waals surface area contributed by atoms with Gasteiger partial charge in [-0.15, -0.1) is 0 Å². The average Bonchev–Trinajstić information content (AvgIpc) is 3.05. The van der Waals surface area contributed by atoms with Crippen LogP contribution in [0.2, 0.25) is 10.4 Å². The number of amides is 1. The predicted octanol–water partition coefficient (Wildman–Crippen LogP) is 6.65. The van der Waals surface area contributed by atoms with Crippen molar-refractivity contribution in [2.24, 2.45) is 0 Å². The number of carbonyl (C=O) groups excluding carboxylic acids is 1. The normalized spacial score (nSPS) is 11.4. The number of hydrogen-bond acceptors (Lipinski definition) is 4. The molecule has 2 aromatic heterocycles. The lowest BCUT2D eigenvalue weighted by Crippen LogP contribution is -2.16. The number of fused-ring (bicyclic) bond motifs is 1. The number of aryl methyl sites for hydroxylation is 2. The van der Waals surface area contributed by atoms with Crippen molar-refractivity contribution in [3.05, 3.63) is 16.3 Å². The van der Waals surface area contributed by atoms with Gasteiger partial charge in [0.2, 0.25) is 11.2 Å². The minimum atomic E-state index is 0.139. The molecule has 0 bridgehead atoms. The van der Waals surface area contributed by atoms with Crippen molar-refractivity contribution in [1.29, 1.82) is 0 Å². The summed E-state index contributed by atoms with van der Waals surface area (Å²) in [7, 11) is 1.70. The molecule has 0 aliphatic heterocycles. The number of aromatic nitrogens is 4. The van der Waals surface area contributed by atoms with Crippen molar-refractivity contribution in [1.82, 2.24) is 24.8 Å². The molecule has 0 fully saturated rings. The Labute approximate surface area is 196 Å². The van der Waals surface area contributed by atoms with Gasteiger partial charge in [-0.25, -0.2) is 9.97 Å². The van der Waals surface area contributed by atoms with E-state index in [9.17, 15) is 4.79 Å². The zero-order chi connectivity index (χ0) is 22.5. The molecular weight excluding hydrogens is 433 g/mol. The summed E-state index contributed by atoms with van der Waals surface area (Å²) >= 11 is 12.1. The zero-order valence-corrected chi connectivity index (χ0v) is 20.6. The molecule has 0 atom stereocenters. The van der Waals surface area contributed by atoms with Crippen molar-refractivity contribution >= 4 is 40.3 Å². The Balaban J connectivity index is 1.45. The van der Waals surface area contributed by atoms with Gasteiger partial charge in [0.25, 0.3) is 0 Å². The van der Waals surface area contributed by atoms with E-state index in [4.69, 9.17) is 23.2 Å². The molecular formula is C23H37Cl2N5O. The lowest BCUT2D eigenvalue weighted by Gasteiger charge is -2.07. The van der Waals surface area contributed by atoms with Crippen LogP contribution in [0.3, 0.4) is 0 Å². The summed E-state index contributed by atoms with van der Waals surface area (Å²) in [6, 6.07) is 0. The van der Waals surface area contributed by atoms with E-state index < -0.39 is 0 Å². The Kier molecular flexibility index (Phi) is 12.2. The fourth-order valence-corrected chi connectivity index (χ4v) is 4.45. The lowest BCUT2D eigenvalue weighted by molar-refractivity contribution is -0.120. The Morgan fingerprint density at radius 2 is 1.32 bits per heavy atom. The van der Waals surface area contributed by atoms with Crippen molar-refractivity contribution in [2.75, 3.05) is 7.05 Å². The molecule has 6 nitrogen and oxygen atoms in total. The van der Waals surface area contributed by atoms with Gasteiger partial charge in [-0.3, -0.25) is 4.79 Å². The van der Waals surface area contributed by atoms with E-state index in [1.807, 2.05) is 6.92 Å². The molecule has 0 aliphatic rings. The van der Waals surface area contributed by atoms with Crippen molar-refractivity contribution < 1.29 is 4.79 Å². The Morgan fingerprint density at radius 1 is 0.806 bits per heavy atom. The molecule has 31 heavy (non-hydrogen) atoms. The highest BCUT2D eigenvalue weighted by Crippen LogP contribution is 2.24. The molecule has 0 aliphatic carbocycles. The maximum Gasteiger partial charge on any atom is 0.225 e. The van der Waals surface area contributed by atoms with E-state index in [0.717, 1.165) is 30.7 Å². The first-order valence-electron chi connectivity index (χ1n) is 11.8. The summed E-state index contributed by atoms with van der Waals surface area (Å²) in [5, 5.41) is 3.19. The van der Waals surface area contributed by atoms with E-state index in [-0.39, 0.29) is 11.2 Å². The van der Waals surface area contributed by atoms with Crippen LogP contribution in [0.1, 0.15) is 95.7 Å². The largest absolute Gasteiger partial charge is 0.359 e. The van der Waals surface area contributed by atoms with Gasteiger partial charge < -0.3 is 9.88 Å². The quantitative estimate of drug-likeness (QED) is 0.169. The van der Waals surface area contributed by atoms with Gasteiger partial charge in [0.15, 0.2) is 10.8 Å². The van der Waals surface area contributed by atoms with Gasteiger partial charge >= 0.3 is 0 Å². The van der Waals surface area contributed by atoms with Gasteiger partial charge in [0.05, 0.1) is 0 Å². The monoisotopic (exact) mass is 469 g/mol. The number of halogens is 2. The molecule has 0 radical (unpaired) electrons. The Morgan fingerprint density at radius 3 is 1.87 bits per heavy atom. The van der Waals surface area contributed by atoms with Crippen LogP contribution in [0.25, 0.3) is 11.2 Å². The number of unbranched alkanes of at least 4 members (excludes halogenated alkanes) is 12. The minimum Gasteiger partial charge on any atom is -0.359 e. The molecule has 0 unspecified atom stereocenters. The van der Waals surface area contributed by atoms with E-state index in [1.165, 1.54) is 70.6 Å². The summed E-state index contributed by atoms with van der Waals surface area (Å²) in [6.07, 6.45) is 17.0. The average molecular weight is 470 g/mol. The maximum absolute atomic E-state index is 11.1. The van der Waals surface area contributed by atoms with Gasteiger partial charge in [-0.2, -0.15) is 4.98 Å². The third-order valence-electron chi connectivity index (χ3n) is 5.79. The van der Waals surface area contributed by atoms with Gasteiger partial charge in [-0.1, -0.05) is 82.2 Å². The number of imidazole rings is 1. The summed E-state index contributed by atoms with van der Waals surface area (Å²) in [6.45, 7) is 2.85. The minimum absolute atomic E-state index is 0.139. The van der Waals surface area contributed by atoms with Crippen molar-refractivity contribution in [3.8, 4) is 0 Å². The lowest BCUT2D eigenvalue weighted by atomic mass is 10.0. The predicted molar refractivity (Wildman–Crippen MR) is 129 cm³/mol. The highest BCUT2D eigenvalue weighted by atomic mass is 35.5. The molecule has 2 heterocycles. The highest BCUT2D eigenvalue weighted by molar-refractivity contribution is 6.35. The highest BCUT2D eigenvalue weighted by Gasteiger charge is 2.14. The van der Waals surface area contributed by atoms with Crippen LogP contribution >= 0.6 is 23.2 Å². The molecule has 0 saturated carbocycles. The molecule has 8 heteroatoms.